The molecule has 0 radical (unpaired) electrons. The number of hydrogen-bond donors (Lipinski definition) is 0. The molecule has 0 amide bonds. The zero-order valence-corrected chi connectivity index (χ0v) is 9.13. The molecule has 2 saturated carbocycles. The molecule has 3 aliphatic rings. The van der Waals surface area contributed by atoms with Crippen molar-refractivity contribution in [2.45, 2.75) is 63.4 Å². The first kappa shape index (κ1) is 9.21. The molecule has 0 N–H and O–H groups in total. The van der Waals surface area contributed by atoms with Crippen LogP contribution in [0, 0.1) is 11.8 Å². The summed E-state index contributed by atoms with van der Waals surface area (Å²) in [5.41, 5.74) is 0.382. The molecule has 1 heterocycles. The SMILES string of the molecule is C1CCC(C2(C3CCCC3)CCO2)C1. The molecule has 0 spiro atoms. The van der Waals surface area contributed by atoms with Gasteiger partial charge < -0.3 is 4.74 Å². The van der Waals surface area contributed by atoms with Crippen LogP contribution in [0.5, 0.6) is 0 Å². The Morgan fingerprint density at radius 2 is 1.21 bits per heavy atom. The van der Waals surface area contributed by atoms with Crippen molar-refractivity contribution < 1.29 is 4.74 Å². The van der Waals surface area contributed by atoms with Crippen LogP contribution in [0.4, 0.5) is 0 Å². The summed E-state index contributed by atoms with van der Waals surface area (Å²) in [6, 6.07) is 0. The molecule has 0 aromatic carbocycles. The fraction of sp³-hybridized carbons (Fsp3) is 1.00. The van der Waals surface area contributed by atoms with E-state index in [9.17, 15) is 0 Å². The van der Waals surface area contributed by atoms with E-state index in [1.54, 1.807) is 0 Å². The molecule has 3 rings (SSSR count). The zero-order chi connectivity index (χ0) is 9.43. The highest BCUT2D eigenvalue weighted by atomic mass is 16.5. The summed E-state index contributed by atoms with van der Waals surface area (Å²) in [4.78, 5) is 0. The van der Waals surface area contributed by atoms with E-state index < -0.39 is 0 Å². The molecule has 0 aromatic rings. The summed E-state index contributed by atoms with van der Waals surface area (Å²) in [5.74, 6) is 1.86. The highest BCUT2D eigenvalue weighted by molar-refractivity contribution is 5.01. The molecular weight excluding hydrogens is 172 g/mol. The first-order valence-electron chi connectivity index (χ1n) is 6.56. The Labute approximate surface area is 87.2 Å². The van der Waals surface area contributed by atoms with Crippen LogP contribution in [0.3, 0.4) is 0 Å². The summed E-state index contributed by atoms with van der Waals surface area (Å²) < 4.78 is 6.09. The molecule has 0 aromatic heterocycles. The first-order valence-corrected chi connectivity index (χ1v) is 6.56. The van der Waals surface area contributed by atoms with Gasteiger partial charge >= 0.3 is 0 Å². The minimum atomic E-state index is 0.382. The van der Waals surface area contributed by atoms with Crippen LogP contribution in [0.2, 0.25) is 0 Å². The van der Waals surface area contributed by atoms with Crippen LogP contribution in [-0.4, -0.2) is 12.2 Å². The lowest BCUT2D eigenvalue weighted by Crippen LogP contribution is -2.54. The summed E-state index contributed by atoms with van der Waals surface area (Å²) in [6.45, 7) is 1.05. The Morgan fingerprint density at radius 3 is 1.50 bits per heavy atom. The van der Waals surface area contributed by atoms with Gasteiger partial charge in [-0.2, -0.15) is 0 Å². The molecule has 80 valence electrons. The summed E-state index contributed by atoms with van der Waals surface area (Å²) >= 11 is 0. The van der Waals surface area contributed by atoms with E-state index in [4.69, 9.17) is 4.74 Å². The van der Waals surface area contributed by atoms with Gasteiger partial charge in [0.2, 0.25) is 0 Å². The highest BCUT2D eigenvalue weighted by Gasteiger charge is 2.51. The van der Waals surface area contributed by atoms with Gasteiger partial charge in [0.15, 0.2) is 0 Å². The van der Waals surface area contributed by atoms with Gasteiger partial charge in [-0.15, -0.1) is 0 Å². The fourth-order valence-electron chi connectivity index (χ4n) is 4.14. The lowest BCUT2D eigenvalue weighted by molar-refractivity contribution is -0.211. The van der Waals surface area contributed by atoms with Crippen LogP contribution < -0.4 is 0 Å². The third kappa shape index (κ3) is 1.25. The second-order valence-corrected chi connectivity index (χ2v) is 5.52. The first-order chi connectivity index (χ1) is 6.92. The van der Waals surface area contributed by atoms with E-state index >= 15 is 0 Å². The monoisotopic (exact) mass is 194 g/mol. The van der Waals surface area contributed by atoms with Crippen LogP contribution >= 0.6 is 0 Å². The van der Waals surface area contributed by atoms with Crippen LogP contribution in [0.15, 0.2) is 0 Å². The van der Waals surface area contributed by atoms with E-state index in [1.165, 1.54) is 57.8 Å². The third-order valence-electron chi connectivity index (χ3n) is 4.96. The minimum absolute atomic E-state index is 0.382. The average molecular weight is 194 g/mol. The Morgan fingerprint density at radius 1 is 0.786 bits per heavy atom. The molecule has 3 fully saturated rings. The summed E-state index contributed by atoms with van der Waals surface area (Å²) in [6.07, 6.45) is 13.0. The molecule has 1 heteroatoms. The fourth-order valence-corrected chi connectivity index (χ4v) is 4.14. The molecule has 1 aliphatic heterocycles. The van der Waals surface area contributed by atoms with E-state index in [0.717, 1.165) is 18.4 Å². The largest absolute Gasteiger partial charge is 0.374 e. The van der Waals surface area contributed by atoms with Crippen molar-refractivity contribution in [1.82, 2.24) is 0 Å². The summed E-state index contributed by atoms with van der Waals surface area (Å²) in [5, 5.41) is 0. The van der Waals surface area contributed by atoms with Crippen molar-refractivity contribution >= 4 is 0 Å². The van der Waals surface area contributed by atoms with E-state index in [1.807, 2.05) is 0 Å². The maximum absolute atomic E-state index is 6.09. The molecule has 0 atom stereocenters. The quantitative estimate of drug-likeness (QED) is 0.653. The van der Waals surface area contributed by atoms with Crippen molar-refractivity contribution in [2.75, 3.05) is 6.61 Å². The van der Waals surface area contributed by atoms with Crippen molar-refractivity contribution in [2.24, 2.45) is 11.8 Å². The van der Waals surface area contributed by atoms with Gasteiger partial charge in [0.1, 0.15) is 0 Å². The molecule has 0 bridgehead atoms. The van der Waals surface area contributed by atoms with E-state index in [-0.39, 0.29) is 0 Å². The van der Waals surface area contributed by atoms with Crippen molar-refractivity contribution in [3.63, 3.8) is 0 Å². The molecule has 14 heavy (non-hydrogen) atoms. The lowest BCUT2D eigenvalue weighted by Gasteiger charge is -2.51. The standard InChI is InChI=1S/C13H22O/c1-2-6-11(5-1)13(9-10-14-13)12-7-3-4-8-12/h11-12H,1-10H2. The van der Waals surface area contributed by atoms with Gasteiger partial charge in [0, 0.05) is 6.42 Å². The Balaban J connectivity index is 1.75. The van der Waals surface area contributed by atoms with Crippen molar-refractivity contribution in [3.05, 3.63) is 0 Å². The van der Waals surface area contributed by atoms with Gasteiger partial charge in [-0.1, -0.05) is 25.7 Å². The molecular formula is C13H22O. The molecule has 1 saturated heterocycles. The van der Waals surface area contributed by atoms with Gasteiger partial charge in [-0.25, -0.2) is 0 Å². The average Bonchev–Trinajstić information content (AvgIpc) is 2.71. The number of rotatable bonds is 2. The van der Waals surface area contributed by atoms with Gasteiger partial charge in [-0.3, -0.25) is 0 Å². The normalized spacial score (nSPS) is 33.4. The second kappa shape index (κ2) is 3.52. The maximum atomic E-state index is 6.09. The second-order valence-electron chi connectivity index (χ2n) is 5.52. The van der Waals surface area contributed by atoms with Crippen molar-refractivity contribution in [3.8, 4) is 0 Å². The highest BCUT2D eigenvalue weighted by Crippen LogP contribution is 2.52. The van der Waals surface area contributed by atoms with Crippen LogP contribution in [-0.2, 0) is 4.74 Å². The lowest BCUT2D eigenvalue weighted by atomic mass is 9.70. The van der Waals surface area contributed by atoms with Crippen LogP contribution in [0.25, 0.3) is 0 Å². The molecule has 1 nitrogen and oxygen atoms in total. The van der Waals surface area contributed by atoms with Gasteiger partial charge in [0.05, 0.1) is 12.2 Å². The Kier molecular flexibility index (Phi) is 2.31. The smallest absolute Gasteiger partial charge is 0.0760 e. The van der Waals surface area contributed by atoms with Gasteiger partial charge in [-0.05, 0) is 37.5 Å². The third-order valence-corrected chi connectivity index (χ3v) is 4.96. The summed E-state index contributed by atoms with van der Waals surface area (Å²) in [7, 11) is 0. The molecule has 0 unspecified atom stereocenters. The minimum Gasteiger partial charge on any atom is -0.374 e. The Bertz CT molecular complexity index is 177. The van der Waals surface area contributed by atoms with Crippen LogP contribution in [0.1, 0.15) is 57.8 Å². The van der Waals surface area contributed by atoms with E-state index in [2.05, 4.69) is 0 Å². The number of ether oxygens (including phenoxy) is 1. The number of hydrogen-bond acceptors (Lipinski definition) is 1. The van der Waals surface area contributed by atoms with Gasteiger partial charge in [0.25, 0.3) is 0 Å². The Hall–Kier alpha value is -0.0400. The predicted octanol–water partition coefficient (Wildman–Crippen LogP) is 3.53. The maximum Gasteiger partial charge on any atom is 0.0760 e. The predicted molar refractivity (Wildman–Crippen MR) is 57.2 cm³/mol. The topological polar surface area (TPSA) is 9.23 Å². The van der Waals surface area contributed by atoms with Crippen molar-refractivity contribution in [1.29, 1.82) is 0 Å². The zero-order valence-electron chi connectivity index (χ0n) is 9.13. The van der Waals surface area contributed by atoms with E-state index in [0.29, 0.717) is 5.60 Å². The molecule has 2 aliphatic carbocycles.